The Kier molecular flexibility index (Phi) is 3.98. The van der Waals surface area contributed by atoms with Crippen molar-refractivity contribution in [3.63, 3.8) is 0 Å². The number of nitrogens with zero attached hydrogens (tertiary/aromatic N) is 2. The highest BCUT2D eigenvalue weighted by molar-refractivity contribution is 7.08. The summed E-state index contributed by atoms with van der Waals surface area (Å²) < 4.78 is 1.83. The predicted molar refractivity (Wildman–Crippen MR) is 104 cm³/mol. The molecule has 0 unspecified atom stereocenters. The van der Waals surface area contributed by atoms with Gasteiger partial charge in [-0.05, 0) is 59.5 Å². The summed E-state index contributed by atoms with van der Waals surface area (Å²) in [5.41, 5.74) is 6.38. The fourth-order valence-corrected chi connectivity index (χ4v) is 3.85. The van der Waals surface area contributed by atoms with Crippen LogP contribution in [-0.2, 0) is 6.54 Å². The van der Waals surface area contributed by atoms with Crippen LogP contribution in [0.25, 0.3) is 22.0 Å². The topological polar surface area (TPSA) is 34.9 Å². The Labute approximate surface area is 150 Å². The van der Waals surface area contributed by atoms with Crippen LogP contribution < -0.4 is 5.56 Å². The molecule has 0 aliphatic carbocycles. The minimum atomic E-state index is 0.0133. The fourth-order valence-electron chi connectivity index (χ4n) is 3.19. The molecule has 0 amide bonds. The Balaban J connectivity index is 1.76. The highest BCUT2D eigenvalue weighted by Gasteiger charge is 2.08. The van der Waals surface area contributed by atoms with Crippen LogP contribution in [0.4, 0.5) is 0 Å². The highest BCUT2D eigenvalue weighted by atomic mass is 32.1. The SMILES string of the molecule is Cc1cc2c(ccc(=O)n2Cc2ccc(-c3ccsc3)cc2)c(C)n1. The zero-order valence-electron chi connectivity index (χ0n) is 14.2. The van der Waals surface area contributed by atoms with Gasteiger partial charge in [0.2, 0.25) is 0 Å². The predicted octanol–water partition coefficient (Wildman–Crippen LogP) is 4.79. The van der Waals surface area contributed by atoms with Crippen LogP contribution in [0.3, 0.4) is 0 Å². The third kappa shape index (κ3) is 3.01. The number of rotatable bonds is 3. The molecule has 0 saturated heterocycles. The van der Waals surface area contributed by atoms with E-state index in [9.17, 15) is 4.79 Å². The molecule has 0 bridgehead atoms. The maximum atomic E-state index is 12.5. The summed E-state index contributed by atoms with van der Waals surface area (Å²) in [6.07, 6.45) is 0. The van der Waals surface area contributed by atoms with Gasteiger partial charge >= 0.3 is 0 Å². The maximum Gasteiger partial charge on any atom is 0.251 e. The van der Waals surface area contributed by atoms with Crippen molar-refractivity contribution < 1.29 is 0 Å². The zero-order valence-corrected chi connectivity index (χ0v) is 15.0. The number of aryl methyl sites for hydroxylation is 2. The highest BCUT2D eigenvalue weighted by Crippen LogP contribution is 2.23. The molecule has 0 radical (unpaired) electrons. The Morgan fingerprint density at radius 1 is 1.00 bits per heavy atom. The van der Waals surface area contributed by atoms with E-state index < -0.39 is 0 Å². The van der Waals surface area contributed by atoms with Crippen molar-refractivity contribution in [3.05, 3.63) is 86.6 Å². The van der Waals surface area contributed by atoms with Crippen molar-refractivity contribution >= 4 is 22.2 Å². The number of benzene rings is 1. The van der Waals surface area contributed by atoms with Gasteiger partial charge in [-0.3, -0.25) is 9.78 Å². The first-order valence-electron chi connectivity index (χ1n) is 8.21. The quantitative estimate of drug-likeness (QED) is 0.534. The normalized spacial score (nSPS) is 11.1. The van der Waals surface area contributed by atoms with Gasteiger partial charge in [0.1, 0.15) is 0 Å². The van der Waals surface area contributed by atoms with Crippen molar-refractivity contribution in [2.24, 2.45) is 0 Å². The van der Waals surface area contributed by atoms with Crippen molar-refractivity contribution in [2.75, 3.05) is 0 Å². The van der Waals surface area contributed by atoms with Crippen LogP contribution in [0.1, 0.15) is 17.0 Å². The number of hydrogen-bond acceptors (Lipinski definition) is 3. The molecule has 1 aromatic carbocycles. The smallest absolute Gasteiger partial charge is 0.251 e. The molecular formula is C21H18N2OS. The van der Waals surface area contributed by atoms with Crippen LogP contribution in [-0.4, -0.2) is 9.55 Å². The summed E-state index contributed by atoms with van der Waals surface area (Å²) >= 11 is 1.70. The lowest BCUT2D eigenvalue weighted by molar-refractivity contribution is 0.793. The molecule has 3 heterocycles. The molecule has 0 atom stereocenters. The van der Waals surface area contributed by atoms with Gasteiger partial charge in [-0.2, -0.15) is 11.3 Å². The van der Waals surface area contributed by atoms with Crippen LogP contribution in [0.15, 0.2) is 64.1 Å². The van der Waals surface area contributed by atoms with Crippen molar-refractivity contribution in [1.82, 2.24) is 9.55 Å². The van der Waals surface area contributed by atoms with Gasteiger partial charge in [-0.25, -0.2) is 0 Å². The Bertz CT molecular complexity index is 1090. The van der Waals surface area contributed by atoms with Gasteiger partial charge in [-0.1, -0.05) is 24.3 Å². The maximum absolute atomic E-state index is 12.5. The third-order valence-corrected chi connectivity index (χ3v) is 5.14. The second-order valence-electron chi connectivity index (χ2n) is 6.25. The molecule has 4 heteroatoms. The summed E-state index contributed by atoms with van der Waals surface area (Å²) in [6, 6.07) is 16.0. The van der Waals surface area contributed by atoms with E-state index in [0.717, 1.165) is 27.9 Å². The summed E-state index contributed by atoms with van der Waals surface area (Å²) in [7, 11) is 0. The number of aromatic nitrogens is 2. The zero-order chi connectivity index (χ0) is 17.4. The van der Waals surface area contributed by atoms with Crippen molar-refractivity contribution in [2.45, 2.75) is 20.4 Å². The molecule has 25 heavy (non-hydrogen) atoms. The van der Waals surface area contributed by atoms with Gasteiger partial charge in [0.15, 0.2) is 0 Å². The number of fused-ring (bicyclic) bond motifs is 1. The molecule has 0 saturated carbocycles. The molecule has 3 nitrogen and oxygen atoms in total. The molecule has 0 spiro atoms. The molecule has 4 aromatic rings. The lowest BCUT2D eigenvalue weighted by Gasteiger charge is -2.12. The van der Waals surface area contributed by atoms with E-state index in [2.05, 4.69) is 46.1 Å². The molecule has 3 aromatic heterocycles. The molecule has 4 rings (SSSR count). The van der Waals surface area contributed by atoms with Gasteiger partial charge in [0.05, 0.1) is 12.1 Å². The average Bonchev–Trinajstić information content (AvgIpc) is 3.12. The van der Waals surface area contributed by atoms with E-state index in [-0.39, 0.29) is 5.56 Å². The van der Waals surface area contributed by atoms with Gasteiger partial charge in [0.25, 0.3) is 5.56 Å². The second-order valence-corrected chi connectivity index (χ2v) is 7.03. The lowest BCUT2D eigenvalue weighted by Crippen LogP contribution is -2.20. The van der Waals surface area contributed by atoms with E-state index in [1.165, 1.54) is 11.1 Å². The molecule has 0 aliphatic heterocycles. The van der Waals surface area contributed by atoms with Crippen LogP contribution >= 0.6 is 11.3 Å². The van der Waals surface area contributed by atoms with E-state index in [4.69, 9.17) is 0 Å². The summed E-state index contributed by atoms with van der Waals surface area (Å²) in [6.45, 7) is 4.51. The van der Waals surface area contributed by atoms with Crippen molar-refractivity contribution in [3.8, 4) is 11.1 Å². The largest absolute Gasteiger partial charge is 0.304 e. The molecule has 0 fully saturated rings. The van der Waals surface area contributed by atoms with Gasteiger partial charge in [-0.15, -0.1) is 0 Å². The molecule has 0 N–H and O–H groups in total. The Morgan fingerprint density at radius 2 is 1.80 bits per heavy atom. The van der Waals surface area contributed by atoms with Crippen LogP contribution in [0.5, 0.6) is 0 Å². The summed E-state index contributed by atoms with van der Waals surface area (Å²) in [5, 5.41) is 5.25. The Morgan fingerprint density at radius 3 is 2.52 bits per heavy atom. The Hall–Kier alpha value is -2.72. The van der Waals surface area contributed by atoms with Crippen LogP contribution in [0.2, 0.25) is 0 Å². The van der Waals surface area contributed by atoms with Crippen LogP contribution in [0, 0.1) is 13.8 Å². The number of thiophene rings is 1. The van der Waals surface area contributed by atoms with E-state index in [1.807, 2.05) is 30.5 Å². The monoisotopic (exact) mass is 346 g/mol. The molecular weight excluding hydrogens is 328 g/mol. The van der Waals surface area contributed by atoms with E-state index in [1.54, 1.807) is 17.4 Å². The van der Waals surface area contributed by atoms with Gasteiger partial charge < -0.3 is 4.57 Å². The second kappa shape index (κ2) is 6.30. The first-order valence-corrected chi connectivity index (χ1v) is 9.15. The average molecular weight is 346 g/mol. The van der Waals surface area contributed by atoms with Crippen molar-refractivity contribution in [1.29, 1.82) is 0 Å². The third-order valence-electron chi connectivity index (χ3n) is 4.45. The number of pyridine rings is 2. The summed E-state index contributed by atoms with van der Waals surface area (Å²) in [4.78, 5) is 17.0. The van der Waals surface area contributed by atoms with E-state index in [0.29, 0.717) is 6.54 Å². The molecule has 124 valence electrons. The first-order chi connectivity index (χ1) is 12.1. The first kappa shape index (κ1) is 15.8. The molecule has 0 aliphatic rings. The standard InChI is InChI=1S/C21H18N2OS/c1-14-11-20-19(15(2)22-14)7-8-21(24)23(20)12-16-3-5-17(6-4-16)18-9-10-25-13-18/h3-11,13H,12H2,1-2H3. The summed E-state index contributed by atoms with van der Waals surface area (Å²) in [5.74, 6) is 0. The fraction of sp³-hybridized carbons (Fsp3) is 0.143. The number of hydrogen-bond donors (Lipinski definition) is 0. The van der Waals surface area contributed by atoms with E-state index >= 15 is 0 Å². The lowest BCUT2D eigenvalue weighted by atomic mass is 10.1. The minimum Gasteiger partial charge on any atom is -0.304 e. The minimum absolute atomic E-state index is 0.0133. The van der Waals surface area contributed by atoms with Gasteiger partial charge in [0, 0.05) is 22.8 Å².